The van der Waals surface area contributed by atoms with Crippen LogP contribution in [0.25, 0.3) is 0 Å². The second-order valence-electron chi connectivity index (χ2n) is 5.38. The van der Waals surface area contributed by atoms with Crippen LogP contribution in [0.1, 0.15) is 18.4 Å². The second-order valence-corrected chi connectivity index (χ2v) is 5.38. The smallest absolute Gasteiger partial charge is 0.257 e. The van der Waals surface area contributed by atoms with Gasteiger partial charge in [0.25, 0.3) is 6.85 Å². The molecule has 0 spiro atoms. The van der Waals surface area contributed by atoms with Crippen LogP contribution in [0, 0.1) is 0 Å². The largest absolute Gasteiger partial charge is 0.334 e. The third-order valence-corrected chi connectivity index (χ3v) is 4.03. The molecule has 2 aromatic carbocycles. The van der Waals surface area contributed by atoms with Gasteiger partial charge in [0.15, 0.2) is 0 Å². The van der Waals surface area contributed by atoms with E-state index in [1.807, 2.05) is 0 Å². The van der Waals surface area contributed by atoms with Crippen LogP contribution >= 0.6 is 0 Å². The predicted molar refractivity (Wildman–Crippen MR) is 82.7 cm³/mol. The van der Waals surface area contributed by atoms with Crippen molar-refractivity contribution in [3.63, 3.8) is 0 Å². The summed E-state index contributed by atoms with van der Waals surface area (Å²) < 4.78 is 0. The van der Waals surface area contributed by atoms with E-state index >= 15 is 0 Å². The first-order valence-electron chi connectivity index (χ1n) is 7.26. The van der Waals surface area contributed by atoms with Gasteiger partial charge in [-0.2, -0.15) is 0 Å². The molecule has 1 nitrogen and oxygen atoms in total. The summed E-state index contributed by atoms with van der Waals surface area (Å²) in [6.07, 6.45) is 3.97. The van der Waals surface area contributed by atoms with Gasteiger partial charge in [-0.25, -0.2) is 0 Å². The summed E-state index contributed by atoms with van der Waals surface area (Å²) in [5.41, 5.74) is 2.89. The highest BCUT2D eigenvalue weighted by molar-refractivity contribution is 6.70. The summed E-state index contributed by atoms with van der Waals surface area (Å²) in [5.74, 6) is 0. The Kier molecular flexibility index (Phi) is 3.99. The molecule has 1 aliphatic heterocycles. The van der Waals surface area contributed by atoms with Crippen molar-refractivity contribution in [2.24, 2.45) is 0 Å². The number of hydrogen-bond acceptors (Lipinski definition) is 1. The van der Waals surface area contributed by atoms with E-state index in [4.69, 9.17) is 0 Å². The molecule has 1 heterocycles. The maximum absolute atomic E-state index is 2.63. The van der Waals surface area contributed by atoms with Crippen molar-refractivity contribution < 1.29 is 0 Å². The Morgan fingerprint density at radius 1 is 0.842 bits per heavy atom. The molecule has 3 rings (SSSR count). The monoisotopic (exact) mass is 249 g/mol. The van der Waals surface area contributed by atoms with Gasteiger partial charge in [0.2, 0.25) is 0 Å². The van der Waals surface area contributed by atoms with Gasteiger partial charge < -0.3 is 4.81 Å². The fraction of sp³-hybridized carbons (Fsp3) is 0.294. The van der Waals surface area contributed by atoms with Gasteiger partial charge in [0.1, 0.15) is 0 Å². The van der Waals surface area contributed by atoms with Crippen LogP contribution in [0.3, 0.4) is 0 Å². The SMILES string of the molecule is c1ccc(CN2CCCCB2c2ccccc2)cc1. The lowest BCUT2D eigenvalue weighted by Crippen LogP contribution is -2.50. The van der Waals surface area contributed by atoms with E-state index in [0.717, 1.165) is 6.54 Å². The Balaban J connectivity index is 1.78. The highest BCUT2D eigenvalue weighted by atomic mass is 15.1. The van der Waals surface area contributed by atoms with Crippen LogP contribution in [-0.4, -0.2) is 18.2 Å². The third-order valence-electron chi connectivity index (χ3n) is 4.03. The molecule has 1 fully saturated rings. The Bertz CT molecular complexity index is 497. The Morgan fingerprint density at radius 2 is 1.53 bits per heavy atom. The summed E-state index contributed by atoms with van der Waals surface area (Å²) in [7, 11) is 0. The zero-order chi connectivity index (χ0) is 12.9. The molecule has 0 aliphatic carbocycles. The number of benzene rings is 2. The first kappa shape index (κ1) is 12.5. The molecule has 0 atom stereocenters. The van der Waals surface area contributed by atoms with E-state index in [1.165, 1.54) is 36.7 Å². The lowest BCUT2D eigenvalue weighted by atomic mass is 9.49. The number of rotatable bonds is 3. The highest BCUT2D eigenvalue weighted by Gasteiger charge is 2.27. The average molecular weight is 249 g/mol. The topological polar surface area (TPSA) is 3.24 Å². The van der Waals surface area contributed by atoms with Crippen LogP contribution in [0.15, 0.2) is 60.7 Å². The third kappa shape index (κ3) is 3.08. The summed E-state index contributed by atoms with van der Waals surface area (Å²) in [6.45, 7) is 2.88. The Labute approximate surface area is 116 Å². The molecule has 0 aromatic heterocycles. The molecule has 0 N–H and O–H groups in total. The summed E-state index contributed by atoms with van der Waals surface area (Å²) in [4.78, 5) is 2.63. The van der Waals surface area contributed by atoms with Crippen LogP contribution < -0.4 is 5.46 Å². The van der Waals surface area contributed by atoms with Crippen molar-refractivity contribution >= 4 is 12.3 Å². The first-order chi connectivity index (χ1) is 9.43. The molecule has 2 heteroatoms. The van der Waals surface area contributed by atoms with E-state index in [2.05, 4.69) is 65.5 Å². The van der Waals surface area contributed by atoms with Crippen molar-refractivity contribution in [1.29, 1.82) is 0 Å². The lowest BCUT2D eigenvalue weighted by molar-refractivity contribution is 0.394. The molecule has 0 radical (unpaired) electrons. The molecule has 1 saturated heterocycles. The quantitative estimate of drug-likeness (QED) is 0.755. The van der Waals surface area contributed by atoms with E-state index < -0.39 is 0 Å². The van der Waals surface area contributed by atoms with Crippen LogP contribution in [-0.2, 0) is 6.54 Å². The van der Waals surface area contributed by atoms with Crippen molar-refractivity contribution in [3.05, 3.63) is 66.2 Å². The predicted octanol–water partition coefficient (Wildman–Crippen LogP) is 3.18. The average Bonchev–Trinajstić information content (AvgIpc) is 2.50. The Morgan fingerprint density at radius 3 is 2.26 bits per heavy atom. The van der Waals surface area contributed by atoms with E-state index in [-0.39, 0.29) is 0 Å². The Hall–Kier alpha value is -1.54. The maximum Gasteiger partial charge on any atom is 0.257 e. The summed E-state index contributed by atoms with van der Waals surface area (Å²) in [6, 6.07) is 21.8. The van der Waals surface area contributed by atoms with Gasteiger partial charge in [0.05, 0.1) is 0 Å². The maximum atomic E-state index is 2.63. The second kappa shape index (κ2) is 6.07. The van der Waals surface area contributed by atoms with Crippen molar-refractivity contribution in [2.45, 2.75) is 25.7 Å². The molecule has 2 aromatic rings. The van der Waals surface area contributed by atoms with Crippen LogP contribution in [0.2, 0.25) is 6.32 Å². The molecule has 0 unspecified atom stereocenters. The molecular weight excluding hydrogens is 229 g/mol. The van der Waals surface area contributed by atoms with Gasteiger partial charge in [-0.3, -0.25) is 0 Å². The lowest BCUT2D eigenvalue weighted by Gasteiger charge is -2.33. The molecule has 0 bridgehead atoms. The fourth-order valence-corrected chi connectivity index (χ4v) is 3.05. The minimum absolute atomic E-state index is 0.593. The minimum atomic E-state index is 0.593. The van der Waals surface area contributed by atoms with E-state index in [9.17, 15) is 0 Å². The molecule has 19 heavy (non-hydrogen) atoms. The van der Waals surface area contributed by atoms with Crippen LogP contribution in [0.5, 0.6) is 0 Å². The fourth-order valence-electron chi connectivity index (χ4n) is 3.05. The number of hydrogen-bond donors (Lipinski definition) is 0. The molecular formula is C17H20BN. The van der Waals surface area contributed by atoms with Crippen LogP contribution in [0.4, 0.5) is 0 Å². The van der Waals surface area contributed by atoms with Crippen molar-refractivity contribution in [1.82, 2.24) is 4.81 Å². The standard InChI is InChI=1S/C17H20BN/c1-3-9-16(10-4-1)15-19-14-8-7-13-18(19)17-11-5-2-6-12-17/h1-6,9-12H,7-8,13-15H2. The number of nitrogens with zero attached hydrogens (tertiary/aromatic N) is 1. The van der Waals surface area contributed by atoms with Gasteiger partial charge in [-0.15, -0.1) is 0 Å². The molecule has 0 amide bonds. The molecule has 0 saturated carbocycles. The highest BCUT2D eigenvalue weighted by Crippen LogP contribution is 2.17. The van der Waals surface area contributed by atoms with Crippen molar-refractivity contribution in [3.8, 4) is 0 Å². The summed E-state index contributed by atoms with van der Waals surface area (Å²) >= 11 is 0. The van der Waals surface area contributed by atoms with Gasteiger partial charge in [-0.05, 0) is 18.5 Å². The van der Waals surface area contributed by atoms with E-state index in [0.29, 0.717) is 6.85 Å². The zero-order valence-corrected chi connectivity index (χ0v) is 11.3. The normalized spacial score (nSPS) is 16.5. The first-order valence-corrected chi connectivity index (χ1v) is 7.26. The van der Waals surface area contributed by atoms with Gasteiger partial charge in [-0.1, -0.05) is 78.9 Å². The molecule has 1 aliphatic rings. The minimum Gasteiger partial charge on any atom is -0.334 e. The molecule has 96 valence electrons. The van der Waals surface area contributed by atoms with E-state index in [1.54, 1.807) is 0 Å². The van der Waals surface area contributed by atoms with Gasteiger partial charge >= 0.3 is 0 Å². The van der Waals surface area contributed by atoms with Gasteiger partial charge in [0, 0.05) is 6.54 Å². The zero-order valence-electron chi connectivity index (χ0n) is 11.3. The van der Waals surface area contributed by atoms with Crippen molar-refractivity contribution in [2.75, 3.05) is 6.54 Å². The summed E-state index contributed by atoms with van der Waals surface area (Å²) in [5, 5.41) is 0.